The molecule has 2 rings (SSSR count). The third kappa shape index (κ3) is 5.80. The lowest BCUT2D eigenvalue weighted by Crippen LogP contribution is -2.30. The molecule has 3 N–H and O–H groups in total. The van der Waals surface area contributed by atoms with Crippen LogP contribution in [0.3, 0.4) is 0 Å². The number of carbonyl (C=O) groups is 1. The van der Waals surface area contributed by atoms with Crippen LogP contribution in [-0.2, 0) is 9.53 Å². The van der Waals surface area contributed by atoms with Crippen LogP contribution in [0.5, 0.6) is 0 Å². The van der Waals surface area contributed by atoms with E-state index in [0.29, 0.717) is 37.6 Å². The van der Waals surface area contributed by atoms with Crippen LogP contribution in [0, 0.1) is 5.92 Å². The molecule has 2 fully saturated rings. The molecule has 2 saturated carbocycles. The lowest BCUT2D eigenvalue weighted by atomic mass is 9.84. The predicted octanol–water partition coefficient (Wildman–Crippen LogP) is 2.36. The summed E-state index contributed by atoms with van der Waals surface area (Å²) < 4.78 is 5.73. The molecule has 4 nitrogen and oxygen atoms in total. The second kappa shape index (κ2) is 8.63. The van der Waals surface area contributed by atoms with Crippen molar-refractivity contribution in [1.29, 1.82) is 0 Å². The Morgan fingerprint density at radius 3 is 2.50 bits per heavy atom. The maximum absolute atomic E-state index is 11.8. The van der Waals surface area contributed by atoms with Gasteiger partial charge in [-0.2, -0.15) is 0 Å². The van der Waals surface area contributed by atoms with Crippen LogP contribution in [0.25, 0.3) is 0 Å². The number of hydrogen-bond acceptors (Lipinski definition) is 3. The van der Waals surface area contributed by atoms with E-state index >= 15 is 0 Å². The monoisotopic (exact) mass is 282 g/mol. The normalized spacial score (nSPS) is 27.6. The first-order valence-corrected chi connectivity index (χ1v) is 8.38. The van der Waals surface area contributed by atoms with Crippen LogP contribution in [0.1, 0.15) is 64.2 Å². The summed E-state index contributed by atoms with van der Waals surface area (Å²) in [5.41, 5.74) is 5.89. The number of hydrogen-bond donors (Lipinski definition) is 2. The summed E-state index contributed by atoms with van der Waals surface area (Å²) >= 11 is 0. The molecule has 2 aliphatic carbocycles. The second-order valence-corrected chi connectivity index (χ2v) is 6.45. The molecule has 0 radical (unpaired) electrons. The van der Waals surface area contributed by atoms with Crippen LogP contribution >= 0.6 is 0 Å². The van der Waals surface area contributed by atoms with Crippen molar-refractivity contribution in [2.24, 2.45) is 11.7 Å². The van der Waals surface area contributed by atoms with Crippen LogP contribution in [-0.4, -0.2) is 31.2 Å². The van der Waals surface area contributed by atoms with Gasteiger partial charge in [-0.15, -0.1) is 0 Å². The van der Waals surface area contributed by atoms with Gasteiger partial charge in [0.25, 0.3) is 0 Å². The number of rotatable bonds is 7. The minimum absolute atomic E-state index is 0.176. The van der Waals surface area contributed by atoms with E-state index in [1.807, 2.05) is 0 Å². The molecule has 0 aromatic rings. The van der Waals surface area contributed by atoms with Gasteiger partial charge >= 0.3 is 0 Å². The molecular formula is C16H30N2O2. The largest absolute Gasteiger partial charge is 0.376 e. The Balaban J connectivity index is 1.45. The Hall–Kier alpha value is -0.610. The molecule has 0 saturated heterocycles. The zero-order valence-corrected chi connectivity index (χ0v) is 12.6. The van der Waals surface area contributed by atoms with E-state index in [1.54, 1.807) is 0 Å². The second-order valence-electron chi connectivity index (χ2n) is 6.45. The van der Waals surface area contributed by atoms with Crippen molar-refractivity contribution in [2.75, 3.05) is 13.2 Å². The molecule has 0 unspecified atom stereocenters. The maximum Gasteiger partial charge on any atom is 0.220 e. The van der Waals surface area contributed by atoms with E-state index in [0.717, 1.165) is 19.3 Å². The van der Waals surface area contributed by atoms with Gasteiger partial charge in [0.05, 0.1) is 12.7 Å². The van der Waals surface area contributed by atoms with Crippen molar-refractivity contribution in [3.63, 3.8) is 0 Å². The molecular weight excluding hydrogens is 252 g/mol. The van der Waals surface area contributed by atoms with Crippen molar-refractivity contribution in [1.82, 2.24) is 5.32 Å². The Morgan fingerprint density at radius 1 is 1.10 bits per heavy atom. The summed E-state index contributed by atoms with van der Waals surface area (Å²) in [6.45, 7) is 1.32. The van der Waals surface area contributed by atoms with Gasteiger partial charge in [-0.3, -0.25) is 4.79 Å². The van der Waals surface area contributed by atoms with Crippen molar-refractivity contribution in [3.05, 3.63) is 0 Å². The summed E-state index contributed by atoms with van der Waals surface area (Å²) in [5, 5.41) is 2.97. The maximum atomic E-state index is 11.8. The smallest absolute Gasteiger partial charge is 0.220 e. The molecule has 1 amide bonds. The number of ether oxygens (including phenoxy) is 1. The average Bonchev–Trinajstić information content (AvgIpc) is 2.96. The Labute approximate surface area is 122 Å². The summed E-state index contributed by atoms with van der Waals surface area (Å²) in [5.74, 6) is 0.880. The standard InChI is InChI=1S/C16H30N2O2/c17-14-8-5-13(6-9-14)7-10-16(19)18-11-12-20-15-3-1-2-4-15/h13-15H,1-12,17H2,(H,18,19). The molecule has 0 aromatic carbocycles. The van der Waals surface area contributed by atoms with E-state index in [4.69, 9.17) is 10.5 Å². The molecule has 0 aliphatic heterocycles. The Morgan fingerprint density at radius 2 is 1.80 bits per heavy atom. The quantitative estimate of drug-likeness (QED) is 0.705. The third-order valence-corrected chi connectivity index (χ3v) is 4.75. The fourth-order valence-corrected chi connectivity index (χ4v) is 3.37. The lowest BCUT2D eigenvalue weighted by Gasteiger charge is -2.25. The highest BCUT2D eigenvalue weighted by molar-refractivity contribution is 5.75. The Kier molecular flexibility index (Phi) is 6.80. The zero-order valence-electron chi connectivity index (χ0n) is 12.6. The minimum Gasteiger partial charge on any atom is -0.376 e. The first kappa shape index (κ1) is 15.8. The lowest BCUT2D eigenvalue weighted by molar-refractivity contribution is -0.121. The van der Waals surface area contributed by atoms with Gasteiger partial charge in [0, 0.05) is 19.0 Å². The first-order valence-electron chi connectivity index (χ1n) is 8.38. The summed E-state index contributed by atoms with van der Waals surface area (Å²) in [6, 6.07) is 0.396. The van der Waals surface area contributed by atoms with Gasteiger partial charge in [0.15, 0.2) is 0 Å². The van der Waals surface area contributed by atoms with Crippen molar-refractivity contribution in [2.45, 2.75) is 76.4 Å². The average molecular weight is 282 g/mol. The Bertz CT molecular complexity index is 282. The SMILES string of the molecule is NC1CCC(CCC(=O)NCCOC2CCCC2)CC1. The van der Waals surface area contributed by atoms with E-state index in [1.165, 1.54) is 38.5 Å². The van der Waals surface area contributed by atoms with Gasteiger partial charge < -0.3 is 15.8 Å². The fraction of sp³-hybridized carbons (Fsp3) is 0.938. The highest BCUT2D eigenvalue weighted by Crippen LogP contribution is 2.26. The summed E-state index contributed by atoms with van der Waals surface area (Å²) in [4.78, 5) is 11.8. The van der Waals surface area contributed by atoms with Gasteiger partial charge in [-0.25, -0.2) is 0 Å². The minimum atomic E-state index is 0.176. The number of nitrogens with two attached hydrogens (primary N) is 1. The molecule has 20 heavy (non-hydrogen) atoms. The zero-order chi connectivity index (χ0) is 14.2. The predicted molar refractivity (Wildman–Crippen MR) is 80.4 cm³/mol. The molecule has 0 bridgehead atoms. The molecule has 0 heterocycles. The van der Waals surface area contributed by atoms with E-state index in [9.17, 15) is 4.79 Å². The third-order valence-electron chi connectivity index (χ3n) is 4.75. The molecule has 116 valence electrons. The summed E-state index contributed by atoms with van der Waals surface area (Å²) in [6.07, 6.45) is 11.7. The highest BCUT2D eigenvalue weighted by atomic mass is 16.5. The van der Waals surface area contributed by atoms with Gasteiger partial charge in [0.2, 0.25) is 5.91 Å². The molecule has 4 heteroatoms. The molecule has 0 atom stereocenters. The number of nitrogens with one attached hydrogen (secondary N) is 1. The molecule has 0 spiro atoms. The highest BCUT2D eigenvalue weighted by Gasteiger charge is 2.19. The number of amides is 1. The van der Waals surface area contributed by atoms with Crippen molar-refractivity contribution in [3.8, 4) is 0 Å². The first-order chi connectivity index (χ1) is 9.74. The van der Waals surface area contributed by atoms with E-state index < -0.39 is 0 Å². The molecule has 0 aromatic heterocycles. The van der Waals surface area contributed by atoms with E-state index in [-0.39, 0.29) is 5.91 Å². The number of carbonyl (C=O) groups excluding carboxylic acids is 1. The summed E-state index contributed by atoms with van der Waals surface area (Å²) in [7, 11) is 0. The molecule has 2 aliphatic rings. The van der Waals surface area contributed by atoms with Crippen molar-refractivity contribution >= 4 is 5.91 Å². The van der Waals surface area contributed by atoms with Crippen LogP contribution in [0.4, 0.5) is 0 Å². The van der Waals surface area contributed by atoms with Crippen molar-refractivity contribution < 1.29 is 9.53 Å². The topological polar surface area (TPSA) is 64.4 Å². The van der Waals surface area contributed by atoms with Crippen LogP contribution in [0.15, 0.2) is 0 Å². The van der Waals surface area contributed by atoms with Gasteiger partial charge in [0.1, 0.15) is 0 Å². The fourth-order valence-electron chi connectivity index (χ4n) is 3.37. The van der Waals surface area contributed by atoms with Gasteiger partial charge in [-0.1, -0.05) is 12.8 Å². The van der Waals surface area contributed by atoms with Crippen LogP contribution in [0.2, 0.25) is 0 Å². The van der Waals surface area contributed by atoms with Crippen LogP contribution < -0.4 is 11.1 Å². The van der Waals surface area contributed by atoms with Gasteiger partial charge in [-0.05, 0) is 50.9 Å². The van der Waals surface area contributed by atoms with E-state index in [2.05, 4.69) is 5.32 Å².